The number of rotatable bonds is 6. The second-order valence-electron chi connectivity index (χ2n) is 5.00. The highest BCUT2D eigenvalue weighted by Gasteiger charge is 2.32. The summed E-state index contributed by atoms with van der Waals surface area (Å²) in [5.74, 6) is -0.564. The Bertz CT molecular complexity index is 457. The lowest BCUT2D eigenvalue weighted by atomic mass is 10.0. The molecule has 0 aliphatic carbocycles. The number of hydrogen-bond acceptors (Lipinski definition) is 3. The molecular formula is C15H22N2O3. The fraction of sp³-hybridized carbons (Fsp3) is 0.467. The summed E-state index contributed by atoms with van der Waals surface area (Å²) in [6.45, 7) is 5.67. The predicted octanol–water partition coefficient (Wildman–Crippen LogP) is 1.40. The molecule has 1 unspecified atom stereocenters. The zero-order chi connectivity index (χ0) is 15.2. The van der Waals surface area contributed by atoms with Crippen LogP contribution in [0.25, 0.3) is 0 Å². The average Bonchev–Trinajstić information content (AvgIpc) is 2.40. The first-order valence-electron chi connectivity index (χ1n) is 6.60. The van der Waals surface area contributed by atoms with E-state index in [1.54, 1.807) is 13.8 Å². The molecule has 2 amide bonds. The van der Waals surface area contributed by atoms with Gasteiger partial charge in [-0.3, -0.25) is 9.59 Å². The Hall–Kier alpha value is -1.88. The van der Waals surface area contributed by atoms with E-state index in [-0.39, 0.29) is 11.8 Å². The molecule has 0 aliphatic rings. The van der Waals surface area contributed by atoms with Crippen molar-refractivity contribution in [2.45, 2.75) is 32.4 Å². The van der Waals surface area contributed by atoms with E-state index in [0.29, 0.717) is 6.54 Å². The van der Waals surface area contributed by atoms with Crippen molar-refractivity contribution in [3.8, 4) is 0 Å². The number of nitrogens with one attached hydrogen (secondary N) is 2. The van der Waals surface area contributed by atoms with Crippen LogP contribution >= 0.6 is 0 Å². The zero-order valence-electron chi connectivity index (χ0n) is 12.4. The van der Waals surface area contributed by atoms with E-state index in [4.69, 9.17) is 4.74 Å². The topological polar surface area (TPSA) is 67.4 Å². The number of carbonyl (C=O) groups is 2. The molecule has 0 fully saturated rings. The minimum Gasteiger partial charge on any atom is -0.367 e. The number of amides is 2. The van der Waals surface area contributed by atoms with Crippen LogP contribution in [0.1, 0.15) is 32.4 Å². The number of carbonyl (C=O) groups excluding carboxylic acids is 2. The molecule has 0 saturated heterocycles. The van der Waals surface area contributed by atoms with Crippen LogP contribution in [0.2, 0.25) is 0 Å². The summed E-state index contributed by atoms with van der Waals surface area (Å²) < 4.78 is 5.24. The third-order valence-electron chi connectivity index (χ3n) is 2.92. The van der Waals surface area contributed by atoms with Crippen LogP contribution in [0.15, 0.2) is 30.3 Å². The Morgan fingerprint density at radius 2 is 1.85 bits per heavy atom. The Morgan fingerprint density at radius 1 is 1.25 bits per heavy atom. The van der Waals surface area contributed by atoms with Gasteiger partial charge >= 0.3 is 0 Å². The van der Waals surface area contributed by atoms with Crippen molar-refractivity contribution in [2.24, 2.45) is 0 Å². The van der Waals surface area contributed by atoms with Crippen LogP contribution in [-0.4, -0.2) is 31.0 Å². The van der Waals surface area contributed by atoms with E-state index < -0.39 is 11.6 Å². The molecule has 1 aromatic carbocycles. The summed E-state index contributed by atoms with van der Waals surface area (Å²) in [4.78, 5) is 24.2. The van der Waals surface area contributed by atoms with Gasteiger partial charge in [0, 0.05) is 13.7 Å². The molecule has 0 bridgehead atoms. The van der Waals surface area contributed by atoms with Gasteiger partial charge in [0.25, 0.3) is 5.91 Å². The molecule has 20 heavy (non-hydrogen) atoms. The first kappa shape index (κ1) is 16.2. The number of methoxy groups -OCH3 is 1. The molecule has 2 N–H and O–H groups in total. The molecular weight excluding hydrogens is 256 g/mol. The van der Waals surface area contributed by atoms with Crippen molar-refractivity contribution in [2.75, 3.05) is 13.7 Å². The van der Waals surface area contributed by atoms with Gasteiger partial charge in [-0.1, -0.05) is 30.3 Å². The third-order valence-corrected chi connectivity index (χ3v) is 2.92. The standard InChI is InChI=1S/C15H22N2O3/c1-5-16-14(19)15(2,3)17-13(18)12(20-4)11-9-7-6-8-10-11/h6-10,12H,5H2,1-4H3,(H,16,19)(H,17,18). The lowest BCUT2D eigenvalue weighted by molar-refractivity contribution is -0.138. The molecule has 0 spiro atoms. The van der Waals surface area contributed by atoms with E-state index in [9.17, 15) is 9.59 Å². The Kier molecular flexibility index (Phi) is 5.70. The van der Waals surface area contributed by atoms with Crippen molar-refractivity contribution >= 4 is 11.8 Å². The monoisotopic (exact) mass is 278 g/mol. The van der Waals surface area contributed by atoms with Crippen LogP contribution in [0.5, 0.6) is 0 Å². The van der Waals surface area contributed by atoms with Gasteiger partial charge < -0.3 is 15.4 Å². The molecule has 0 radical (unpaired) electrons. The van der Waals surface area contributed by atoms with Crippen molar-refractivity contribution in [1.82, 2.24) is 10.6 Å². The molecule has 1 atom stereocenters. The van der Waals surface area contributed by atoms with Crippen molar-refractivity contribution in [3.05, 3.63) is 35.9 Å². The zero-order valence-corrected chi connectivity index (χ0v) is 12.4. The number of ether oxygens (including phenoxy) is 1. The quantitative estimate of drug-likeness (QED) is 0.826. The van der Waals surface area contributed by atoms with Crippen molar-refractivity contribution in [1.29, 1.82) is 0 Å². The van der Waals surface area contributed by atoms with Crippen LogP contribution in [-0.2, 0) is 14.3 Å². The van der Waals surface area contributed by atoms with Gasteiger partial charge in [0.05, 0.1) is 0 Å². The smallest absolute Gasteiger partial charge is 0.254 e. The summed E-state index contributed by atoms with van der Waals surface area (Å²) in [5.41, 5.74) is -0.238. The molecule has 1 rings (SSSR count). The summed E-state index contributed by atoms with van der Waals surface area (Å²) in [6.07, 6.45) is -0.732. The SMILES string of the molecule is CCNC(=O)C(C)(C)NC(=O)C(OC)c1ccccc1. The van der Waals surface area contributed by atoms with E-state index in [2.05, 4.69) is 10.6 Å². The van der Waals surface area contributed by atoms with Gasteiger partial charge in [0.15, 0.2) is 6.10 Å². The Balaban J connectivity index is 2.81. The molecule has 0 aromatic heterocycles. The maximum absolute atomic E-state index is 12.3. The van der Waals surface area contributed by atoms with Gasteiger partial charge in [-0.25, -0.2) is 0 Å². The molecule has 1 aromatic rings. The fourth-order valence-electron chi connectivity index (χ4n) is 1.83. The normalized spacial score (nSPS) is 12.6. The summed E-state index contributed by atoms with van der Waals surface area (Å²) in [6, 6.07) is 9.17. The molecule has 5 heteroatoms. The molecule has 110 valence electrons. The van der Waals surface area contributed by atoms with E-state index in [1.807, 2.05) is 37.3 Å². The highest BCUT2D eigenvalue weighted by atomic mass is 16.5. The van der Waals surface area contributed by atoms with Gasteiger partial charge in [-0.2, -0.15) is 0 Å². The Morgan fingerprint density at radius 3 is 2.35 bits per heavy atom. The molecule has 5 nitrogen and oxygen atoms in total. The predicted molar refractivity (Wildman–Crippen MR) is 77.1 cm³/mol. The van der Waals surface area contributed by atoms with Gasteiger partial charge in [0.2, 0.25) is 5.91 Å². The average molecular weight is 278 g/mol. The van der Waals surface area contributed by atoms with Gasteiger partial charge in [-0.05, 0) is 26.3 Å². The first-order chi connectivity index (χ1) is 9.42. The second-order valence-corrected chi connectivity index (χ2v) is 5.00. The number of likely N-dealkylation sites (N-methyl/N-ethyl adjacent to an activating group) is 1. The highest BCUT2D eigenvalue weighted by molar-refractivity contribution is 5.92. The second kappa shape index (κ2) is 7.05. The maximum Gasteiger partial charge on any atom is 0.254 e. The van der Waals surface area contributed by atoms with E-state index >= 15 is 0 Å². The van der Waals surface area contributed by atoms with E-state index in [0.717, 1.165) is 5.56 Å². The summed E-state index contributed by atoms with van der Waals surface area (Å²) >= 11 is 0. The van der Waals surface area contributed by atoms with Gasteiger partial charge in [-0.15, -0.1) is 0 Å². The lowest BCUT2D eigenvalue weighted by Gasteiger charge is -2.27. The van der Waals surface area contributed by atoms with Crippen LogP contribution in [0, 0.1) is 0 Å². The minimum atomic E-state index is -0.987. The molecule has 0 heterocycles. The maximum atomic E-state index is 12.3. The third kappa shape index (κ3) is 4.06. The molecule has 0 saturated carbocycles. The fourth-order valence-corrected chi connectivity index (χ4v) is 1.83. The Labute approximate surface area is 119 Å². The number of hydrogen-bond donors (Lipinski definition) is 2. The van der Waals surface area contributed by atoms with Crippen LogP contribution in [0.3, 0.4) is 0 Å². The minimum absolute atomic E-state index is 0.226. The van der Waals surface area contributed by atoms with Crippen molar-refractivity contribution < 1.29 is 14.3 Å². The van der Waals surface area contributed by atoms with E-state index in [1.165, 1.54) is 7.11 Å². The molecule has 0 aliphatic heterocycles. The first-order valence-corrected chi connectivity index (χ1v) is 6.60. The summed E-state index contributed by atoms with van der Waals surface area (Å²) in [5, 5.41) is 5.41. The summed E-state index contributed by atoms with van der Waals surface area (Å²) in [7, 11) is 1.47. The number of benzene rings is 1. The van der Waals surface area contributed by atoms with Crippen LogP contribution < -0.4 is 10.6 Å². The van der Waals surface area contributed by atoms with Gasteiger partial charge in [0.1, 0.15) is 5.54 Å². The lowest BCUT2D eigenvalue weighted by Crippen LogP contribution is -2.55. The van der Waals surface area contributed by atoms with Crippen LogP contribution in [0.4, 0.5) is 0 Å². The highest BCUT2D eigenvalue weighted by Crippen LogP contribution is 2.17. The largest absolute Gasteiger partial charge is 0.367 e. The van der Waals surface area contributed by atoms with Crippen molar-refractivity contribution in [3.63, 3.8) is 0 Å².